The van der Waals surface area contributed by atoms with Gasteiger partial charge in [0, 0.05) is 54.1 Å². The number of benzene rings is 8. The molecular formula is C44H27NOS. The van der Waals surface area contributed by atoms with Crippen LogP contribution in [0.15, 0.2) is 168 Å². The van der Waals surface area contributed by atoms with Gasteiger partial charge in [0.25, 0.3) is 0 Å². The maximum atomic E-state index is 6.37. The molecule has 0 radical (unpaired) electrons. The number of anilines is 3. The van der Waals surface area contributed by atoms with Crippen LogP contribution in [0.4, 0.5) is 17.1 Å². The van der Waals surface area contributed by atoms with Crippen molar-refractivity contribution in [2.45, 2.75) is 0 Å². The molecule has 2 heterocycles. The van der Waals surface area contributed by atoms with E-state index < -0.39 is 0 Å². The molecule has 8 aromatic carbocycles. The summed E-state index contributed by atoms with van der Waals surface area (Å²) in [6.07, 6.45) is 0. The van der Waals surface area contributed by atoms with Crippen LogP contribution in [0.1, 0.15) is 0 Å². The largest absolute Gasteiger partial charge is 0.456 e. The third kappa shape index (κ3) is 4.17. The number of hydrogen-bond acceptors (Lipinski definition) is 3. The van der Waals surface area contributed by atoms with Gasteiger partial charge in [-0.3, -0.25) is 0 Å². The van der Waals surface area contributed by atoms with Crippen molar-refractivity contribution in [2.75, 3.05) is 4.90 Å². The zero-order chi connectivity index (χ0) is 30.9. The van der Waals surface area contributed by atoms with Gasteiger partial charge in [-0.05, 0) is 87.3 Å². The van der Waals surface area contributed by atoms with Crippen molar-refractivity contribution in [1.82, 2.24) is 0 Å². The molecule has 0 N–H and O–H groups in total. The molecule has 0 unspecified atom stereocenters. The first kappa shape index (κ1) is 26.3. The first-order valence-corrected chi connectivity index (χ1v) is 16.7. The molecule has 10 aromatic rings. The molecule has 0 fully saturated rings. The molecule has 0 bridgehead atoms. The minimum absolute atomic E-state index is 0.882. The summed E-state index contributed by atoms with van der Waals surface area (Å²) in [6, 6.07) is 59.1. The minimum Gasteiger partial charge on any atom is -0.456 e. The normalized spacial score (nSPS) is 11.8. The summed E-state index contributed by atoms with van der Waals surface area (Å²) in [7, 11) is 0. The van der Waals surface area contributed by atoms with E-state index in [0.717, 1.165) is 39.0 Å². The van der Waals surface area contributed by atoms with Gasteiger partial charge in [-0.15, -0.1) is 11.3 Å². The highest BCUT2D eigenvalue weighted by Crippen LogP contribution is 2.43. The average Bonchev–Trinajstić information content (AvgIpc) is 3.70. The fraction of sp³-hybridized carbons (Fsp3) is 0. The second-order valence-corrected chi connectivity index (χ2v) is 13.2. The summed E-state index contributed by atoms with van der Waals surface area (Å²) >= 11 is 1.86. The molecule has 0 atom stereocenters. The topological polar surface area (TPSA) is 16.4 Å². The zero-order valence-corrected chi connectivity index (χ0v) is 26.2. The molecule has 47 heavy (non-hydrogen) atoms. The Hall–Kier alpha value is -5.90. The molecule has 0 aliphatic carbocycles. The summed E-state index contributed by atoms with van der Waals surface area (Å²) in [5.41, 5.74) is 7.47. The summed E-state index contributed by atoms with van der Waals surface area (Å²) in [4.78, 5) is 2.35. The fourth-order valence-corrected chi connectivity index (χ4v) is 8.36. The molecule has 220 valence electrons. The van der Waals surface area contributed by atoms with E-state index in [-0.39, 0.29) is 0 Å². The van der Waals surface area contributed by atoms with Gasteiger partial charge in [0.15, 0.2) is 0 Å². The Morgan fingerprint density at radius 2 is 1.06 bits per heavy atom. The number of para-hydroxylation sites is 1. The SMILES string of the molecule is c1ccc2c(-c3ccc(N(c4ccc5c(c4)oc4ccccc45)c4ccc5ccc6sc7ccccc7c6c5c4)cc3)cccc2c1. The van der Waals surface area contributed by atoms with Gasteiger partial charge in [0.05, 0.1) is 0 Å². The lowest BCUT2D eigenvalue weighted by atomic mass is 9.98. The second kappa shape index (κ2) is 10.3. The van der Waals surface area contributed by atoms with Crippen molar-refractivity contribution in [3.05, 3.63) is 164 Å². The van der Waals surface area contributed by atoms with E-state index >= 15 is 0 Å². The lowest BCUT2D eigenvalue weighted by Gasteiger charge is -2.26. The van der Waals surface area contributed by atoms with Gasteiger partial charge in [-0.2, -0.15) is 0 Å². The van der Waals surface area contributed by atoms with Crippen LogP contribution in [0.2, 0.25) is 0 Å². The molecule has 0 saturated carbocycles. The van der Waals surface area contributed by atoms with Crippen LogP contribution in [-0.2, 0) is 0 Å². The van der Waals surface area contributed by atoms with Crippen LogP contribution in [0.5, 0.6) is 0 Å². The van der Waals surface area contributed by atoms with E-state index in [1.807, 2.05) is 23.5 Å². The van der Waals surface area contributed by atoms with Crippen LogP contribution in [0, 0.1) is 0 Å². The number of nitrogens with zero attached hydrogens (tertiary/aromatic N) is 1. The Kier molecular flexibility index (Phi) is 5.78. The van der Waals surface area contributed by atoms with Gasteiger partial charge in [0.2, 0.25) is 0 Å². The standard InChI is InChI=1S/C44H27NOS/c1-2-10-34-28(8-1)9-7-13-35(34)29-16-20-31(21-17-29)45(33-23-24-37-36-11-3-5-14-40(36)46-41(37)27-33)32-22-18-30-19-25-43-44(39(30)26-32)38-12-4-6-15-42(38)47-43/h1-27H. The highest BCUT2D eigenvalue weighted by molar-refractivity contribution is 7.26. The molecule has 2 nitrogen and oxygen atoms in total. The van der Waals surface area contributed by atoms with Crippen LogP contribution in [-0.4, -0.2) is 0 Å². The van der Waals surface area contributed by atoms with E-state index in [2.05, 4.69) is 157 Å². The van der Waals surface area contributed by atoms with E-state index in [1.54, 1.807) is 0 Å². The van der Waals surface area contributed by atoms with Crippen molar-refractivity contribution in [2.24, 2.45) is 0 Å². The van der Waals surface area contributed by atoms with Crippen molar-refractivity contribution in [1.29, 1.82) is 0 Å². The first-order valence-electron chi connectivity index (χ1n) is 15.9. The van der Waals surface area contributed by atoms with Gasteiger partial charge < -0.3 is 9.32 Å². The minimum atomic E-state index is 0.882. The van der Waals surface area contributed by atoms with Crippen LogP contribution >= 0.6 is 11.3 Å². The molecule has 0 spiro atoms. The average molecular weight is 618 g/mol. The summed E-state index contributed by atoms with van der Waals surface area (Å²) in [5, 5.41) is 9.91. The van der Waals surface area contributed by atoms with E-state index in [0.29, 0.717) is 0 Å². The van der Waals surface area contributed by atoms with Crippen molar-refractivity contribution < 1.29 is 4.42 Å². The summed E-state index contributed by atoms with van der Waals surface area (Å²) in [6.45, 7) is 0. The Balaban J connectivity index is 1.18. The second-order valence-electron chi connectivity index (χ2n) is 12.1. The molecular weight excluding hydrogens is 591 g/mol. The van der Waals surface area contributed by atoms with Crippen LogP contribution in [0.3, 0.4) is 0 Å². The van der Waals surface area contributed by atoms with E-state index in [9.17, 15) is 0 Å². The van der Waals surface area contributed by atoms with Gasteiger partial charge in [-0.25, -0.2) is 0 Å². The van der Waals surface area contributed by atoms with E-state index in [1.165, 1.54) is 52.8 Å². The Morgan fingerprint density at radius 3 is 1.98 bits per heavy atom. The van der Waals surface area contributed by atoms with Gasteiger partial charge >= 0.3 is 0 Å². The first-order chi connectivity index (χ1) is 23.3. The van der Waals surface area contributed by atoms with Crippen molar-refractivity contribution >= 4 is 92.1 Å². The van der Waals surface area contributed by atoms with Crippen LogP contribution in [0.25, 0.3) is 74.8 Å². The molecule has 3 heteroatoms. The molecule has 0 aliphatic heterocycles. The molecule has 0 saturated heterocycles. The Labute approximate surface area is 275 Å². The number of fused-ring (bicyclic) bond motifs is 9. The predicted octanol–water partition coefficient (Wildman–Crippen LogP) is 13.4. The number of rotatable bonds is 4. The summed E-state index contributed by atoms with van der Waals surface area (Å²) < 4.78 is 9.00. The smallest absolute Gasteiger partial charge is 0.137 e. The zero-order valence-electron chi connectivity index (χ0n) is 25.4. The molecule has 0 aliphatic rings. The Bertz CT molecular complexity index is 2800. The fourth-order valence-electron chi connectivity index (χ4n) is 7.24. The number of hydrogen-bond donors (Lipinski definition) is 0. The maximum Gasteiger partial charge on any atom is 0.137 e. The van der Waals surface area contributed by atoms with Crippen LogP contribution < -0.4 is 4.90 Å². The van der Waals surface area contributed by atoms with Gasteiger partial charge in [-0.1, -0.05) is 103 Å². The van der Waals surface area contributed by atoms with Crippen molar-refractivity contribution in [3.8, 4) is 11.1 Å². The quantitative estimate of drug-likeness (QED) is 0.195. The highest BCUT2D eigenvalue weighted by Gasteiger charge is 2.18. The molecule has 0 amide bonds. The lowest BCUT2D eigenvalue weighted by Crippen LogP contribution is -2.09. The van der Waals surface area contributed by atoms with Gasteiger partial charge in [0.1, 0.15) is 11.2 Å². The lowest BCUT2D eigenvalue weighted by molar-refractivity contribution is 0.669. The maximum absolute atomic E-state index is 6.37. The molecule has 2 aromatic heterocycles. The van der Waals surface area contributed by atoms with E-state index in [4.69, 9.17) is 4.42 Å². The highest BCUT2D eigenvalue weighted by atomic mass is 32.1. The Morgan fingerprint density at radius 1 is 0.404 bits per heavy atom. The third-order valence-electron chi connectivity index (χ3n) is 9.45. The molecule has 10 rings (SSSR count). The van der Waals surface area contributed by atoms with Crippen molar-refractivity contribution in [3.63, 3.8) is 0 Å². The number of thiophene rings is 1. The number of furan rings is 1. The third-order valence-corrected chi connectivity index (χ3v) is 10.6. The predicted molar refractivity (Wildman–Crippen MR) is 202 cm³/mol. The summed E-state index contributed by atoms with van der Waals surface area (Å²) in [5.74, 6) is 0. The monoisotopic (exact) mass is 617 g/mol.